The molecule has 0 radical (unpaired) electrons. The number of aromatic nitrogens is 2. The quantitative estimate of drug-likeness (QED) is 0.936. The molecule has 2 aliphatic heterocycles. The number of likely N-dealkylation sites (tertiary alicyclic amines) is 1. The van der Waals surface area contributed by atoms with Gasteiger partial charge in [-0.2, -0.15) is 0 Å². The molecule has 0 saturated carbocycles. The number of hydrogen-bond donors (Lipinski definition) is 1. The van der Waals surface area contributed by atoms with E-state index in [1.165, 1.54) is 24.0 Å². The van der Waals surface area contributed by atoms with Gasteiger partial charge in [0.05, 0.1) is 6.04 Å². The number of pyridine rings is 1. The Morgan fingerprint density at radius 1 is 1.36 bits per heavy atom. The minimum Gasteiger partial charge on any atom is -0.346 e. The van der Waals surface area contributed by atoms with E-state index in [4.69, 9.17) is 0 Å². The summed E-state index contributed by atoms with van der Waals surface area (Å²) in [6.07, 6.45) is 10.4. The van der Waals surface area contributed by atoms with Gasteiger partial charge in [-0.25, -0.2) is 4.98 Å². The number of likely N-dealkylation sites (N-methyl/N-ethyl adjacent to an activating group) is 1. The maximum atomic E-state index is 13.0. The third-order valence-electron chi connectivity index (χ3n) is 5.62. The van der Waals surface area contributed by atoms with Crippen LogP contribution in [-0.2, 0) is 4.79 Å². The van der Waals surface area contributed by atoms with Crippen molar-refractivity contribution >= 4 is 22.5 Å². The summed E-state index contributed by atoms with van der Waals surface area (Å²) >= 11 is 0. The molecular formula is C20H26N4O. The van der Waals surface area contributed by atoms with Crippen LogP contribution in [0.25, 0.3) is 16.6 Å². The zero-order valence-electron chi connectivity index (χ0n) is 14.9. The summed E-state index contributed by atoms with van der Waals surface area (Å²) in [4.78, 5) is 25.0. The van der Waals surface area contributed by atoms with Crippen LogP contribution >= 0.6 is 0 Å². The van der Waals surface area contributed by atoms with E-state index in [2.05, 4.69) is 33.9 Å². The number of aromatic amines is 1. The van der Waals surface area contributed by atoms with E-state index in [9.17, 15) is 4.79 Å². The Balaban J connectivity index is 1.49. The molecule has 0 spiro atoms. The maximum Gasteiger partial charge on any atom is 0.240 e. The number of carbonyl (C=O) groups excluding carboxylic acids is 1. The van der Waals surface area contributed by atoms with Gasteiger partial charge in [-0.05, 0) is 50.1 Å². The minimum atomic E-state index is 0.0889. The molecule has 1 amide bonds. The second-order valence-electron chi connectivity index (χ2n) is 7.01. The minimum absolute atomic E-state index is 0.0889. The van der Waals surface area contributed by atoms with Crippen molar-refractivity contribution in [2.75, 3.05) is 26.2 Å². The van der Waals surface area contributed by atoms with Gasteiger partial charge >= 0.3 is 0 Å². The number of piperidine rings is 1. The van der Waals surface area contributed by atoms with Gasteiger partial charge in [-0.3, -0.25) is 9.69 Å². The van der Waals surface area contributed by atoms with Gasteiger partial charge in [-0.15, -0.1) is 0 Å². The average Bonchev–Trinajstić information content (AvgIpc) is 3.11. The van der Waals surface area contributed by atoms with Gasteiger partial charge in [0.25, 0.3) is 0 Å². The van der Waals surface area contributed by atoms with E-state index < -0.39 is 0 Å². The zero-order valence-corrected chi connectivity index (χ0v) is 14.9. The van der Waals surface area contributed by atoms with E-state index >= 15 is 0 Å². The van der Waals surface area contributed by atoms with Crippen LogP contribution in [-0.4, -0.2) is 57.9 Å². The number of hydrogen-bond acceptors (Lipinski definition) is 3. The smallest absolute Gasteiger partial charge is 0.240 e. The summed E-state index contributed by atoms with van der Waals surface area (Å²) in [5, 5.41) is 1.16. The summed E-state index contributed by atoms with van der Waals surface area (Å²) in [6.45, 7) is 5.71. The monoisotopic (exact) mass is 338 g/mol. The maximum absolute atomic E-state index is 13.0. The molecule has 0 aromatic carbocycles. The highest BCUT2D eigenvalue weighted by Gasteiger charge is 2.31. The Bertz CT molecular complexity index is 794. The Labute approximate surface area is 148 Å². The van der Waals surface area contributed by atoms with E-state index in [0.717, 1.165) is 50.1 Å². The fraction of sp³-hybridized carbons (Fsp3) is 0.500. The van der Waals surface area contributed by atoms with E-state index in [1.807, 2.05) is 23.4 Å². The van der Waals surface area contributed by atoms with E-state index in [1.54, 1.807) is 0 Å². The molecule has 2 aromatic rings. The average molecular weight is 338 g/mol. The van der Waals surface area contributed by atoms with Crippen molar-refractivity contribution in [3.8, 4) is 0 Å². The predicted octanol–water partition coefficient (Wildman–Crippen LogP) is 3.05. The first kappa shape index (κ1) is 16.3. The van der Waals surface area contributed by atoms with Crippen LogP contribution in [0.15, 0.2) is 30.6 Å². The first-order valence-electron chi connectivity index (χ1n) is 9.42. The van der Waals surface area contributed by atoms with Gasteiger partial charge < -0.3 is 9.88 Å². The zero-order chi connectivity index (χ0) is 17.2. The lowest BCUT2D eigenvalue weighted by atomic mass is 9.97. The highest BCUT2D eigenvalue weighted by molar-refractivity contribution is 5.91. The fourth-order valence-electron chi connectivity index (χ4n) is 4.20. The highest BCUT2D eigenvalue weighted by atomic mass is 16.2. The molecule has 5 heteroatoms. The highest BCUT2D eigenvalue weighted by Crippen LogP contribution is 2.29. The van der Waals surface area contributed by atoms with Gasteiger partial charge in [-0.1, -0.05) is 19.4 Å². The summed E-state index contributed by atoms with van der Waals surface area (Å²) in [7, 11) is 0. The molecule has 1 fully saturated rings. The van der Waals surface area contributed by atoms with Crippen LogP contribution in [0.5, 0.6) is 0 Å². The molecule has 0 bridgehead atoms. The van der Waals surface area contributed by atoms with Crippen LogP contribution in [0.3, 0.4) is 0 Å². The number of H-pyrrole nitrogens is 1. The van der Waals surface area contributed by atoms with Crippen molar-refractivity contribution in [1.29, 1.82) is 0 Å². The summed E-state index contributed by atoms with van der Waals surface area (Å²) in [5.74, 6) is 0.317. The first-order valence-corrected chi connectivity index (χ1v) is 9.42. The lowest BCUT2D eigenvalue weighted by Gasteiger charge is -2.38. The predicted molar refractivity (Wildman–Crippen MR) is 100 cm³/mol. The molecule has 25 heavy (non-hydrogen) atoms. The van der Waals surface area contributed by atoms with E-state index in [0.29, 0.717) is 5.91 Å². The third kappa shape index (κ3) is 3.09. The second-order valence-corrected chi connectivity index (χ2v) is 7.01. The standard InChI is InChI=1S/C20H26N4O/c1-2-23-11-4-3-7-18(23)20(25)24-12-8-15(9-13-24)17-14-22-19-16(17)6-5-10-21-19/h5-6,8,10,14,18H,2-4,7,9,11-13H2,1H3,(H,21,22). The molecular weight excluding hydrogens is 312 g/mol. The summed E-state index contributed by atoms with van der Waals surface area (Å²) in [6, 6.07) is 4.17. The van der Waals surface area contributed by atoms with Crippen LogP contribution in [0.4, 0.5) is 0 Å². The third-order valence-corrected chi connectivity index (χ3v) is 5.62. The van der Waals surface area contributed by atoms with Crippen molar-refractivity contribution in [3.05, 3.63) is 36.2 Å². The molecule has 4 rings (SSSR count). The SMILES string of the molecule is CCN1CCCCC1C(=O)N1CC=C(c2c[nH]c3ncccc23)CC1. The number of rotatable bonds is 3. The van der Waals surface area contributed by atoms with Crippen LogP contribution in [0.2, 0.25) is 0 Å². The van der Waals surface area contributed by atoms with Gasteiger partial charge in [0, 0.05) is 36.4 Å². The Hall–Kier alpha value is -2.14. The lowest BCUT2D eigenvalue weighted by molar-refractivity contribution is -0.137. The summed E-state index contributed by atoms with van der Waals surface area (Å²) < 4.78 is 0. The van der Waals surface area contributed by atoms with Crippen LogP contribution < -0.4 is 0 Å². The molecule has 1 saturated heterocycles. The van der Waals surface area contributed by atoms with Crippen molar-refractivity contribution in [3.63, 3.8) is 0 Å². The van der Waals surface area contributed by atoms with Crippen molar-refractivity contribution in [2.45, 2.75) is 38.6 Å². The molecule has 1 atom stereocenters. The normalized spacial score (nSPS) is 22.2. The number of nitrogens with one attached hydrogen (secondary N) is 1. The van der Waals surface area contributed by atoms with Crippen molar-refractivity contribution < 1.29 is 4.79 Å². The molecule has 4 heterocycles. The molecule has 2 aliphatic rings. The topological polar surface area (TPSA) is 52.2 Å². The first-order chi connectivity index (χ1) is 12.3. The number of carbonyl (C=O) groups is 1. The van der Waals surface area contributed by atoms with Crippen LogP contribution in [0.1, 0.15) is 38.2 Å². The molecule has 1 unspecified atom stereocenters. The lowest BCUT2D eigenvalue weighted by Crippen LogP contribution is -2.51. The molecule has 2 aromatic heterocycles. The van der Waals surface area contributed by atoms with Crippen molar-refractivity contribution in [1.82, 2.24) is 19.8 Å². The number of nitrogens with zero attached hydrogens (tertiary/aromatic N) is 3. The Morgan fingerprint density at radius 2 is 2.28 bits per heavy atom. The van der Waals surface area contributed by atoms with Gasteiger partial charge in [0.15, 0.2) is 0 Å². The molecule has 1 N–H and O–H groups in total. The van der Waals surface area contributed by atoms with Crippen molar-refractivity contribution in [2.24, 2.45) is 0 Å². The molecule has 5 nitrogen and oxygen atoms in total. The summed E-state index contributed by atoms with van der Waals surface area (Å²) in [5.41, 5.74) is 3.47. The van der Waals surface area contributed by atoms with E-state index in [-0.39, 0.29) is 6.04 Å². The van der Waals surface area contributed by atoms with Gasteiger partial charge in [0.2, 0.25) is 5.91 Å². The second kappa shape index (κ2) is 7.00. The fourth-order valence-corrected chi connectivity index (χ4v) is 4.20. The largest absolute Gasteiger partial charge is 0.346 e. The van der Waals surface area contributed by atoms with Crippen LogP contribution in [0, 0.1) is 0 Å². The number of amides is 1. The van der Waals surface area contributed by atoms with Gasteiger partial charge in [0.1, 0.15) is 5.65 Å². The molecule has 132 valence electrons. The molecule has 0 aliphatic carbocycles. The number of fused-ring (bicyclic) bond motifs is 1. The Morgan fingerprint density at radius 3 is 3.08 bits per heavy atom. The Kier molecular flexibility index (Phi) is 4.57.